The zero-order valence-electron chi connectivity index (χ0n) is 20.7. The first-order valence-electron chi connectivity index (χ1n) is 11.7. The van der Waals surface area contributed by atoms with Gasteiger partial charge in [0.15, 0.2) is 0 Å². The van der Waals surface area contributed by atoms with Crippen LogP contribution in [-0.4, -0.2) is 37.7 Å². The number of ether oxygens (including phenoxy) is 3. The monoisotopic (exact) mass is 500 g/mol. The van der Waals surface area contributed by atoms with E-state index in [0.717, 1.165) is 22.4 Å². The van der Waals surface area contributed by atoms with Crippen LogP contribution >= 0.6 is 0 Å². The number of carbonyl (C=O) groups is 1. The number of hydrogen-bond donors (Lipinski definition) is 0. The van der Waals surface area contributed by atoms with Gasteiger partial charge in [-0.2, -0.15) is 0 Å². The molecule has 3 aromatic carbocycles. The van der Waals surface area contributed by atoms with Crippen molar-refractivity contribution in [3.8, 4) is 11.5 Å². The molecule has 0 saturated carbocycles. The molecule has 0 saturated heterocycles. The van der Waals surface area contributed by atoms with Gasteiger partial charge in [-0.25, -0.2) is 0 Å². The zero-order valence-corrected chi connectivity index (χ0v) is 20.7. The standard InChI is InChI=1S/C29H28N2O6/c1-33-29(32)18-26(27-16-17-37-31-27)22-10-14-25(15-11-22)35-19-21-8-12-24(13-9-21)36-20-28(30-34-2)23-6-4-3-5-7-23/h3-17,26H,18-20H2,1-2H3/b30-28-. The first-order chi connectivity index (χ1) is 18.2. The molecule has 37 heavy (non-hydrogen) atoms. The topological polar surface area (TPSA) is 92.4 Å². The quantitative estimate of drug-likeness (QED) is 0.147. The van der Waals surface area contributed by atoms with Gasteiger partial charge in [0, 0.05) is 17.5 Å². The van der Waals surface area contributed by atoms with E-state index in [9.17, 15) is 4.79 Å². The van der Waals surface area contributed by atoms with E-state index in [-0.39, 0.29) is 24.9 Å². The van der Waals surface area contributed by atoms with Gasteiger partial charge >= 0.3 is 5.97 Å². The Bertz CT molecular complexity index is 1270. The number of benzene rings is 3. The summed E-state index contributed by atoms with van der Waals surface area (Å²) in [5.74, 6) is 0.855. The third-order valence-electron chi connectivity index (χ3n) is 5.71. The van der Waals surface area contributed by atoms with E-state index >= 15 is 0 Å². The normalized spacial score (nSPS) is 12.0. The van der Waals surface area contributed by atoms with Gasteiger partial charge in [-0.15, -0.1) is 0 Å². The van der Waals surface area contributed by atoms with E-state index in [4.69, 9.17) is 23.6 Å². The highest BCUT2D eigenvalue weighted by molar-refractivity contribution is 6.01. The molecule has 0 spiro atoms. The fraction of sp³-hybridized carbons (Fsp3) is 0.207. The predicted molar refractivity (Wildman–Crippen MR) is 138 cm³/mol. The Morgan fingerprint density at radius 1 is 0.892 bits per heavy atom. The predicted octanol–water partition coefficient (Wildman–Crippen LogP) is 5.38. The van der Waals surface area contributed by atoms with Gasteiger partial charge in [0.05, 0.1) is 19.2 Å². The minimum absolute atomic E-state index is 0.168. The summed E-state index contributed by atoms with van der Waals surface area (Å²) >= 11 is 0. The van der Waals surface area contributed by atoms with Crippen LogP contribution in [0.15, 0.2) is 101 Å². The van der Waals surface area contributed by atoms with Crippen molar-refractivity contribution >= 4 is 11.7 Å². The molecule has 8 heteroatoms. The highest BCUT2D eigenvalue weighted by Crippen LogP contribution is 2.29. The van der Waals surface area contributed by atoms with Crippen molar-refractivity contribution in [3.05, 3.63) is 114 Å². The largest absolute Gasteiger partial charge is 0.489 e. The summed E-state index contributed by atoms with van der Waals surface area (Å²) < 4.78 is 21.6. The van der Waals surface area contributed by atoms with Gasteiger partial charge in [0.25, 0.3) is 0 Å². The van der Waals surface area contributed by atoms with Crippen molar-refractivity contribution in [3.63, 3.8) is 0 Å². The summed E-state index contributed by atoms with van der Waals surface area (Å²) in [4.78, 5) is 16.8. The van der Waals surface area contributed by atoms with Crippen LogP contribution in [0.2, 0.25) is 0 Å². The third-order valence-corrected chi connectivity index (χ3v) is 5.71. The average molecular weight is 501 g/mol. The fourth-order valence-corrected chi connectivity index (χ4v) is 3.74. The molecule has 0 bridgehead atoms. The molecule has 4 aromatic rings. The van der Waals surface area contributed by atoms with E-state index < -0.39 is 0 Å². The van der Waals surface area contributed by atoms with Gasteiger partial charge in [-0.05, 0) is 35.4 Å². The fourth-order valence-electron chi connectivity index (χ4n) is 3.74. The number of hydrogen-bond acceptors (Lipinski definition) is 8. The summed E-state index contributed by atoms with van der Waals surface area (Å²) in [5, 5.41) is 8.08. The van der Waals surface area contributed by atoms with Gasteiger partial charge in [-0.3, -0.25) is 4.79 Å². The number of methoxy groups -OCH3 is 1. The number of oxime groups is 1. The summed E-state index contributed by atoms with van der Waals surface area (Å²) in [6, 6.07) is 26.8. The van der Waals surface area contributed by atoms with Crippen molar-refractivity contribution in [2.45, 2.75) is 18.9 Å². The van der Waals surface area contributed by atoms with Crippen molar-refractivity contribution < 1.29 is 28.4 Å². The van der Waals surface area contributed by atoms with Crippen LogP contribution in [0.1, 0.15) is 34.7 Å². The molecular weight excluding hydrogens is 472 g/mol. The second-order valence-corrected chi connectivity index (χ2v) is 8.13. The van der Waals surface area contributed by atoms with Crippen LogP contribution in [0.25, 0.3) is 0 Å². The first-order valence-corrected chi connectivity index (χ1v) is 11.7. The molecule has 0 aliphatic heterocycles. The van der Waals surface area contributed by atoms with Crippen molar-refractivity contribution in [1.29, 1.82) is 0 Å². The molecule has 1 atom stereocenters. The number of aromatic nitrogens is 1. The highest BCUT2D eigenvalue weighted by atomic mass is 16.6. The molecule has 4 rings (SSSR count). The molecule has 1 heterocycles. The molecule has 0 aliphatic carbocycles. The van der Waals surface area contributed by atoms with E-state index in [1.54, 1.807) is 6.07 Å². The lowest BCUT2D eigenvalue weighted by Crippen LogP contribution is -2.13. The van der Waals surface area contributed by atoms with E-state index in [1.165, 1.54) is 20.5 Å². The maximum atomic E-state index is 11.9. The Morgan fingerprint density at radius 3 is 2.24 bits per heavy atom. The number of carbonyl (C=O) groups excluding carboxylic acids is 1. The highest BCUT2D eigenvalue weighted by Gasteiger charge is 2.21. The number of esters is 1. The Morgan fingerprint density at radius 2 is 1.59 bits per heavy atom. The SMILES string of the molecule is CO/N=C(/COc1ccc(COc2ccc(C(CC(=O)OC)c3ccon3)cc2)cc1)c1ccccc1. The van der Waals surface area contributed by atoms with Crippen LogP contribution in [0.5, 0.6) is 11.5 Å². The third kappa shape index (κ3) is 7.20. The summed E-state index contributed by atoms with van der Waals surface area (Å²) in [6.45, 7) is 0.681. The second kappa shape index (κ2) is 12.9. The smallest absolute Gasteiger partial charge is 0.306 e. The van der Waals surface area contributed by atoms with Crippen molar-refractivity contribution in [1.82, 2.24) is 5.16 Å². The lowest BCUT2D eigenvalue weighted by Gasteiger charge is -2.14. The molecule has 0 amide bonds. The maximum Gasteiger partial charge on any atom is 0.306 e. The number of nitrogens with zero attached hydrogens (tertiary/aromatic N) is 2. The zero-order chi connectivity index (χ0) is 25.9. The summed E-state index contributed by atoms with van der Waals surface area (Å²) in [6.07, 6.45) is 1.66. The van der Waals surface area contributed by atoms with E-state index in [2.05, 4.69) is 10.3 Å². The second-order valence-electron chi connectivity index (χ2n) is 8.13. The van der Waals surface area contributed by atoms with Crippen LogP contribution in [0.4, 0.5) is 0 Å². The summed E-state index contributed by atoms with van der Waals surface area (Å²) in [5.41, 5.74) is 4.23. The minimum atomic E-state index is -0.317. The molecule has 190 valence electrons. The van der Waals surface area contributed by atoms with E-state index in [1.807, 2.05) is 78.9 Å². The Labute approximate surface area is 215 Å². The van der Waals surface area contributed by atoms with Crippen LogP contribution < -0.4 is 9.47 Å². The molecule has 0 N–H and O–H groups in total. The lowest BCUT2D eigenvalue weighted by atomic mass is 9.92. The lowest BCUT2D eigenvalue weighted by molar-refractivity contribution is -0.140. The molecule has 1 unspecified atom stereocenters. The van der Waals surface area contributed by atoms with Crippen LogP contribution in [-0.2, 0) is 21.0 Å². The average Bonchev–Trinajstić information content (AvgIpc) is 3.49. The number of rotatable bonds is 12. The summed E-state index contributed by atoms with van der Waals surface area (Å²) in [7, 11) is 2.89. The Balaban J connectivity index is 1.32. The van der Waals surface area contributed by atoms with Gasteiger partial charge in [0.2, 0.25) is 0 Å². The molecule has 0 radical (unpaired) electrons. The van der Waals surface area contributed by atoms with Gasteiger partial charge < -0.3 is 23.6 Å². The molecule has 0 fully saturated rings. The van der Waals surface area contributed by atoms with Crippen molar-refractivity contribution in [2.75, 3.05) is 20.8 Å². The van der Waals surface area contributed by atoms with Gasteiger partial charge in [0.1, 0.15) is 43.8 Å². The Hall–Kier alpha value is -4.59. The molecular formula is C29H28N2O6. The molecule has 8 nitrogen and oxygen atoms in total. The Kier molecular flexibility index (Phi) is 8.91. The molecule has 0 aliphatic rings. The van der Waals surface area contributed by atoms with Crippen molar-refractivity contribution in [2.24, 2.45) is 5.16 Å². The molecule has 1 aromatic heterocycles. The van der Waals surface area contributed by atoms with Crippen LogP contribution in [0, 0.1) is 0 Å². The van der Waals surface area contributed by atoms with Crippen LogP contribution in [0.3, 0.4) is 0 Å². The first kappa shape index (κ1) is 25.5. The van der Waals surface area contributed by atoms with Gasteiger partial charge in [-0.1, -0.05) is 64.9 Å². The van der Waals surface area contributed by atoms with E-state index in [0.29, 0.717) is 23.8 Å². The maximum absolute atomic E-state index is 11.9. The minimum Gasteiger partial charge on any atom is -0.489 e.